The van der Waals surface area contributed by atoms with Crippen LogP contribution in [0.5, 0.6) is 0 Å². The van der Waals surface area contributed by atoms with Crippen molar-refractivity contribution in [2.45, 2.75) is 39.5 Å². The van der Waals surface area contributed by atoms with Crippen LogP contribution in [0, 0.1) is 6.92 Å². The quantitative estimate of drug-likeness (QED) is 0.872. The molecule has 19 heavy (non-hydrogen) atoms. The molecule has 100 valence electrons. The number of pyridine rings is 1. The number of halogens is 1. The normalized spacial score (nSPS) is 14.5. The van der Waals surface area contributed by atoms with Crippen molar-refractivity contribution >= 4 is 28.2 Å². The number of aromatic nitrogens is 1. The van der Waals surface area contributed by atoms with E-state index in [0.29, 0.717) is 0 Å². The minimum Gasteiger partial charge on any atom is -0.384 e. The second-order valence-electron chi connectivity index (χ2n) is 5.24. The summed E-state index contributed by atoms with van der Waals surface area (Å²) in [5.41, 5.74) is 6.12. The van der Waals surface area contributed by atoms with Crippen molar-refractivity contribution < 1.29 is 0 Å². The van der Waals surface area contributed by atoms with E-state index in [4.69, 9.17) is 16.6 Å². The topological polar surface area (TPSA) is 24.9 Å². The Hall–Kier alpha value is -1.28. The van der Waals surface area contributed by atoms with Gasteiger partial charge < -0.3 is 5.32 Å². The Balaban J connectivity index is 2.39. The Kier molecular flexibility index (Phi) is 3.36. The molecule has 0 spiro atoms. The molecule has 2 aromatic rings. The molecular weight excluding hydrogens is 256 g/mol. The molecule has 1 heterocycles. The Morgan fingerprint density at radius 3 is 2.84 bits per heavy atom. The smallest absolute Gasteiger partial charge is 0.0915 e. The van der Waals surface area contributed by atoms with Crippen LogP contribution in [0.25, 0.3) is 10.9 Å². The third-order valence-electron chi connectivity index (χ3n) is 3.93. The minimum atomic E-state index is 0.758. The molecule has 0 atom stereocenters. The van der Waals surface area contributed by atoms with Crippen LogP contribution in [0.4, 0.5) is 5.69 Å². The number of benzene rings is 1. The number of aryl methyl sites for hydroxylation is 2. The summed E-state index contributed by atoms with van der Waals surface area (Å²) in [6.45, 7) is 5.20. The molecule has 1 aliphatic rings. The molecule has 1 aromatic heterocycles. The third-order valence-corrected chi connectivity index (χ3v) is 4.23. The van der Waals surface area contributed by atoms with Crippen molar-refractivity contribution in [1.82, 2.24) is 4.98 Å². The van der Waals surface area contributed by atoms with Crippen LogP contribution in [-0.2, 0) is 12.8 Å². The summed E-state index contributed by atoms with van der Waals surface area (Å²) in [4.78, 5) is 4.85. The first-order chi connectivity index (χ1) is 9.22. The highest BCUT2D eigenvalue weighted by atomic mass is 35.5. The maximum absolute atomic E-state index is 6.35. The standard InChI is InChI=1S/C16H19ClN2/c1-3-18-15-11-6-4-5-7-13(11)19-16-12(17)9-8-10(2)14(15)16/h8-9H,3-7H2,1-2H3,(H,18,19). The molecule has 0 aliphatic heterocycles. The zero-order chi connectivity index (χ0) is 13.4. The summed E-state index contributed by atoms with van der Waals surface area (Å²) in [6, 6.07) is 4.04. The van der Waals surface area contributed by atoms with Gasteiger partial charge in [0.1, 0.15) is 0 Å². The van der Waals surface area contributed by atoms with E-state index < -0.39 is 0 Å². The molecule has 0 fully saturated rings. The van der Waals surface area contributed by atoms with Gasteiger partial charge in [-0.25, -0.2) is 0 Å². The third kappa shape index (κ3) is 2.08. The molecule has 0 saturated heterocycles. The molecule has 1 aliphatic carbocycles. The predicted octanol–water partition coefficient (Wildman–Crippen LogP) is 4.51. The predicted molar refractivity (Wildman–Crippen MR) is 82.3 cm³/mol. The van der Waals surface area contributed by atoms with Crippen molar-refractivity contribution in [3.63, 3.8) is 0 Å². The zero-order valence-electron chi connectivity index (χ0n) is 11.5. The van der Waals surface area contributed by atoms with Crippen molar-refractivity contribution in [3.05, 3.63) is 34.0 Å². The SMILES string of the molecule is CCNc1c2c(nc3c(Cl)ccc(C)c13)CCCC2. The Morgan fingerprint density at radius 1 is 1.26 bits per heavy atom. The lowest BCUT2D eigenvalue weighted by Gasteiger charge is -2.22. The summed E-state index contributed by atoms with van der Waals surface area (Å²) in [5, 5.41) is 5.51. The van der Waals surface area contributed by atoms with Crippen LogP contribution in [0.3, 0.4) is 0 Å². The van der Waals surface area contributed by atoms with Gasteiger partial charge in [0.15, 0.2) is 0 Å². The first kappa shape index (κ1) is 12.7. The number of anilines is 1. The van der Waals surface area contributed by atoms with E-state index in [1.54, 1.807) is 0 Å². The summed E-state index contributed by atoms with van der Waals surface area (Å²) in [5.74, 6) is 0. The van der Waals surface area contributed by atoms with Gasteiger partial charge >= 0.3 is 0 Å². The largest absolute Gasteiger partial charge is 0.384 e. The van der Waals surface area contributed by atoms with Gasteiger partial charge in [0.25, 0.3) is 0 Å². The number of hydrogen-bond acceptors (Lipinski definition) is 2. The van der Waals surface area contributed by atoms with Crippen LogP contribution in [0.15, 0.2) is 12.1 Å². The van der Waals surface area contributed by atoms with Crippen molar-refractivity contribution in [2.24, 2.45) is 0 Å². The molecule has 0 bridgehead atoms. The summed E-state index contributed by atoms with van der Waals surface area (Å²) in [6.07, 6.45) is 4.71. The summed E-state index contributed by atoms with van der Waals surface area (Å²) < 4.78 is 0. The molecule has 0 saturated carbocycles. The number of nitrogens with one attached hydrogen (secondary N) is 1. The maximum Gasteiger partial charge on any atom is 0.0915 e. The Bertz CT molecular complexity index is 634. The molecule has 1 N–H and O–H groups in total. The van der Waals surface area contributed by atoms with Gasteiger partial charge in [0.05, 0.1) is 10.5 Å². The zero-order valence-corrected chi connectivity index (χ0v) is 12.3. The van der Waals surface area contributed by atoms with Crippen molar-refractivity contribution in [3.8, 4) is 0 Å². The summed E-state index contributed by atoms with van der Waals surface area (Å²) in [7, 11) is 0. The number of nitrogens with zero attached hydrogens (tertiary/aromatic N) is 1. The van der Waals surface area contributed by atoms with Gasteiger partial charge in [0.2, 0.25) is 0 Å². The second-order valence-corrected chi connectivity index (χ2v) is 5.64. The average molecular weight is 275 g/mol. The lowest BCUT2D eigenvalue weighted by atomic mass is 9.91. The number of rotatable bonds is 2. The Morgan fingerprint density at radius 2 is 2.05 bits per heavy atom. The van der Waals surface area contributed by atoms with Gasteiger partial charge in [-0.05, 0) is 56.7 Å². The fourth-order valence-electron chi connectivity index (χ4n) is 3.03. The first-order valence-electron chi connectivity index (χ1n) is 7.06. The van der Waals surface area contributed by atoms with Gasteiger partial charge in [-0.15, -0.1) is 0 Å². The molecule has 1 aromatic carbocycles. The van der Waals surface area contributed by atoms with E-state index in [2.05, 4.69) is 25.2 Å². The molecule has 3 heteroatoms. The van der Waals surface area contributed by atoms with Gasteiger partial charge in [-0.3, -0.25) is 4.98 Å². The molecular formula is C16H19ClN2. The summed E-state index contributed by atoms with van der Waals surface area (Å²) >= 11 is 6.35. The van der Waals surface area contributed by atoms with E-state index in [1.807, 2.05) is 6.07 Å². The fraction of sp³-hybridized carbons (Fsp3) is 0.438. The van der Waals surface area contributed by atoms with E-state index >= 15 is 0 Å². The number of fused-ring (bicyclic) bond motifs is 2. The van der Waals surface area contributed by atoms with E-state index in [0.717, 1.165) is 29.9 Å². The molecule has 0 unspecified atom stereocenters. The highest BCUT2D eigenvalue weighted by Crippen LogP contribution is 2.37. The maximum atomic E-state index is 6.35. The minimum absolute atomic E-state index is 0.758. The fourth-order valence-corrected chi connectivity index (χ4v) is 3.23. The Labute approximate surface area is 119 Å². The van der Waals surface area contributed by atoms with Crippen LogP contribution in [0.1, 0.15) is 36.6 Å². The van der Waals surface area contributed by atoms with Crippen LogP contribution < -0.4 is 5.32 Å². The van der Waals surface area contributed by atoms with Gasteiger partial charge in [-0.2, -0.15) is 0 Å². The molecule has 0 amide bonds. The lowest BCUT2D eigenvalue weighted by molar-refractivity contribution is 0.672. The van der Waals surface area contributed by atoms with E-state index in [-0.39, 0.29) is 0 Å². The van der Waals surface area contributed by atoms with Crippen molar-refractivity contribution in [2.75, 3.05) is 11.9 Å². The molecule has 2 nitrogen and oxygen atoms in total. The monoisotopic (exact) mass is 274 g/mol. The van der Waals surface area contributed by atoms with Gasteiger partial charge in [-0.1, -0.05) is 17.7 Å². The number of hydrogen-bond donors (Lipinski definition) is 1. The average Bonchev–Trinajstić information content (AvgIpc) is 2.43. The second kappa shape index (κ2) is 5.01. The van der Waals surface area contributed by atoms with E-state index in [1.165, 1.54) is 40.7 Å². The van der Waals surface area contributed by atoms with Crippen LogP contribution in [0.2, 0.25) is 5.02 Å². The van der Waals surface area contributed by atoms with Crippen LogP contribution in [-0.4, -0.2) is 11.5 Å². The van der Waals surface area contributed by atoms with Gasteiger partial charge in [0, 0.05) is 23.3 Å². The van der Waals surface area contributed by atoms with Crippen LogP contribution >= 0.6 is 11.6 Å². The highest BCUT2D eigenvalue weighted by molar-refractivity contribution is 6.35. The molecule has 3 rings (SSSR count). The highest BCUT2D eigenvalue weighted by Gasteiger charge is 2.19. The van der Waals surface area contributed by atoms with Crippen molar-refractivity contribution in [1.29, 1.82) is 0 Å². The molecule has 0 radical (unpaired) electrons. The van der Waals surface area contributed by atoms with E-state index in [9.17, 15) is 0 Å². The lowest BCUT2D eigenvalue weighted by Crippen LogP contribution is -2.11. The first-order valence-corrected chi connectivity index (χ1v) is 7.44.